The molecule has 0 saturated heterocycles. The summed E-state index contributed by atoms with van der Waals surface area (Å²) in [7, 11) is 1.41. The molecule has 0 aliphatic rings. The third-order valence-corrected chi connectivity index (χ3v) is 2.80. The highest BCUT2D eigenvalue weighted by Crippen LogP contribution is 2.32. The molecular weight excluding hydrogens is 294 g/mol. The molecule has 7 heteroatoms. The van der Waals surface area contributed by atoms with E-state index in [1.807, 2.05) is 0 Å². The van der Waals surface area contributed by atoms with E-state index in [0.717, 1.165) is 0 Å². The molecule has 1 heterocycles. The molecule has 2 N–H and O–H groups in total. The van der Waals surface area contributed by atoms with Crippen molar-refractivity contribution >= 4 is 23.7 Å². The zero-order valence-corrected chi connectivity index (χ0v) is 11.8. The number of nitrogens with zero attached hydrogens (tertiary/aromatic N) is 2. The molecule has 1 amide bonds. The van der Waals surface area contributed by atoms with E-state index in [9.17, 15) is 9.90 Å². The number of benzene rings is 1. The number of rotatable bonds is 4. The Kier molecular flexibility index (Phi) is 4.73. The van der Waals surface area contributed by atoms with Gasteiger partial charge in [-0.1, -0.05) is 11.6 Å². The van der Waals surface area contributed by atoms with Crippen LogP contribution in [-0.2, 0) is 0 Å². The topological polar surface area (TPSA) is 83.8 Å². The van der Waals surface area contributed by atoms with Crippen LogP contribution in [0, 0.1) is 0 Å². The number of aromatic hydroxyl groups is 1. The van der Waals surface area contributed by atoms with E-state index >= 15 is 0 Å². The van der Waals surface area contributed by atoms with Gasteiger partial charge in [0.25, 0.3) is 5.91 Å². The average molecular weight is 306 g/mol. The van der Waals surface area contributed by atoms with Crippen LogP contribution in [0.2, 0.25) is 5.02 Å². The van der Waals surface area contributed by atoms with Crippen LogP contribution in [0.15, 0.2) is 41.8 Å². The molecule has 0 aliphatic heterocycles. The molecule has 2 aromatic rings. The Hall–Kier alpha value is -2.60. The molecule has 1 aromatic carbocycles. The quantitative estimate of drug-likeness (QED) is 0.670. The van der Waals surface area contributed by atoms with Gasteiger partial charge in [0, 0.05) is 29.0 Å². The smallest absolute Gasteiger partial charge is 0.272 e. The van der Waals surface area contributed by atoms with Gasteiger partial charge in [0.15, 0.2) is 11.5 Å². The number of carbonyl (C=O) groups excluding carboxylic acids is 1. The summed E-state index contributed by atoms with van der Waals surface area (Å²) in [5.74, 6) is -0.295. The second-order valence-corrected chi connectivity index (χ2v) is 4.42. The number of phenols is 1. The molecule has 0 aliphatic carbocycles. The van der Waals surface area contributed by atoms with Crippen molar-refractivity contribution < 1.29 is 14.6 Å². The van der Waals surface area contributed by atoms with Gasteiger partial charge in [-0.15, -0.1) is 0 Å². The molecule has 1 aromatic heterocycles. The van der Waals surface area contributed by atoms with Gasteiger partial charge < -0.3 is 9.84 Å². The van der Waals surface area contributed by atoms with Crippen molar-refractivity contribution in [2.45, 2.75) is 0 Å². The number of hydrogen-bond acceptors (Lipinski definition) is 5. The van der Waals surface area contributed by atoms with Crippen molar-refractivity contribution in [3.63, 3.8) is 0 Å². The number of methoxy groups -OCH3 is 1. The van der Waals surface area contributed by atoms with E-state index in [1.165, 1.54) is 31.7 Å². The van der Waals surface area contributed by atoms with Crippen molar-refractivity contribution in [1.29, 1.82) is 0 Å². The van der Waals surface area contributed by atoms with Crippen LogP contribution in [0.3, 0.4) is 0 Å². The van der Waals surface area contributed by atoms with Gasteiger partial charge in [-0.05, 0) is 18.2 Å². The van der Waals surface area contributed by atoms with Crippen LogP contribution in [0.5, 0.6) is 11.5 Å². The molecular formula is C14H12ClN3O3. The van der Waals surface area contributed by atoms with Crippen LogP contribution in [0.4, 0.5) is 0 Å². The predicted molar refractivity (Wildman–Crippen MR) is 79.0 cm³/mol. The van der Waals surface area contributed by atoms with Crippen LogP contribution >= 0.6 is 11.6 Å². The first-order chi connectivity index (χ1) is 10.1. The SMILES string of the molecule is COc1cc(Cl)cc(/C=N\NC(=O)c2cccnc2)c1O. The summed E-state index contributed by atoms with van der Waals surface area (Å²) in [6.07, 6.45) is 4.26. The minimum absolute atomic E-state index is 0.110. The van der Waals surface area contributed by atoms with Gasteiger partial charge in [-0.3, -0.25) is 9.78 Å². The molecule has 108 valence electrons. The normalized spacial score (nSPS) is 10.6. The molecule has 0 bridgehead atoms. The van der Waals surface area contributed by atoms with Crippen molar-refractivity contribution in [2.75, 3.05) is 7.11 Å². The number of carbonyl (C=O) groups is 1. The summed E-state index contributed by atoms with van der Waals surface area (Å²) < 4.78 is 4.97. The fourth-order valence-electron chi connectivity index (χ4n) is 1.57. The number of aromatic nitrogens is 1. The Morgan fingerprint density at radius 2 is 2.33 bits per heavy atom. The first-order valence-electron chi connectivity index (χ1n) is 5.91. The first-order valence-corrected chi connectivity index (χ1v) is 6.29. The van der Waals surface area contributed by atoms with Crippen LogP contribution in [0.25, 0.3) is 0 Å². The van der Waals surface area contributed by atoms with Gasteiger partial charge in [0.2, 0.25) is 0 Å². The highest BCUT2D eigenvalue weighted by atomic mass is 35.5. The average Bonchev–Trinajstić information content (AvgIpc) is 2.51. The molecule has 21 heavy (non-hydrogen) atoms. The second-order valence-electron chi connectivity index (χ2n) is 3.99. The fourth-order valence-corrected chi connectivity index (χ4v) is 1.79. The molecule has 0 saturated carbocycles. The molecule has 0 unspecified atom stereocenters. The van der Waals surface area contributed by atoms with Gasteiger partial charge in [0.05, 0.1) is 18.9 Å². The molecule has 0 atom stereocenters. The molecule has 0 spiro atoms. The number of nitrogens with one attached hydrogen (secondary N) is 1. The monoisotopic (exact) mass is 305 g/mol. The molecule has 6 nitrogen and oxygen atoms in total. The van der Waals surface area contributed by atoms with Crippen LogP contribution in [-0.4, -0.2) is 29.3 Å². The van der Waals surface area contributed by atoms with Gasteiger partial charge in [0.1, 0.15) is 0 Å². The summed E-state index contributed by atoms with van der Waals surface area (Å²) in [5.41, 5.74) is 3.03. The Morgan fingerprint density at radius 3 is 3.00 bits per heavy atom. The predicted octanol–water partition coefficient (Wildman–Crippen LogP) is 2.21. The maximum Gasteiger partial charge on any atom is 0.272 e. The number of hydrogen-bond donors (Lipinski definition) is 2. The number of pyridine rings is 1. The van der Waals surface area contributed by atoms with Crippen molar-refractivity contribution in [3.05, 3.63) is 52.8 Å². The van der Waals surface area contributed by atoms with Gasteiger partial charge in [-0.25, -0.2) is 5.43 Å². The van der Waals surface area contributed by atoms with Crippen LogP contribution in [0.1, 0.15) is 15.9 Å². The zero-order valence-electron chi connectivity index (χ0n) is 11.1. The Labute approximate surface area is 126 Å². The van der Waals surface area contributed by atoms with Crippen LogP contribution < -0.4 is 10.2 Å². The Bertz CT molecular complexity index is 675. The lowest BCUT2D eigenvalue weighted by atomic mass is 10.2. The third-order valence-electron chi connectivity index (χ3n) is 2.58. The maximum atomic E-state index is 11.7. The number of halogens is 1. The summed E-state index contributed by atoms with van der Waals surface area (Å²) >= 11 is 5.89. The summed E-state index contributed by atoms with van der Waals surface area (Å²) in [4.78, 5) is 15.6. The second kappa shape index (κ2) is 6.71. The summed E-state index contributed by atoms with van der Waals surface area (Å²) in [6.45, 7) is 0. The number of hydrazone groups is 1. The fraction of sp³-hybridized carbons (Fsp3) is 0.0714. The number of phenolic OH excluding ortho intramolecular Hbond substituents is 1. The molecule has 0 radical (unpaired) electrons. The standard InChI is InChI=1S/C14H12ClN3O3/c1-21-12-6-11(15)5-10(13(12)19)8-17-18-14(20)9-3-2-4-16-7-9/h2-8,19H,1H3,(H,18,20)/b17-8-. The lowest BCUT2D eigenvalue weighted by Crippen LogP contribution is -2.17. The Balaban J connectivity index is 2.12. The van der Waals surface area contributed by atoms with Gasteiger partial charge >= 0.3 is 0 Å². The molecule has 0 fully saturated rings. The highest BCUT2D eigenvalue weighted by molar-refractivity contribution is 6.31. The molecule has 2 rings (SSSR count). The first kappa shape index (κ1) is 14.8. The lowest BCUT2D eigenvalue weighted by Gasteiger charge is -2.06. The van der Waals surface area contributed by atoms with E-state index in [4.69, 9.17) is 16.3 Å². The van der Waals surface area contributed by atoms with E-state index in [1.54, 1.807) is 18.3 Å². The summed E-state index contributed by atoms with van der Waals surface area (Å²) in [5, 5.41) is 14.0. The van der Waals surface area contributed by atoms with E-state index in [0.29, 0.717) is 16.1 Å². The Morgan fingerprint density at radius 1 is 1.52 bits per heavy atom. The van der Waals surface area contributed by atoms with E-state index in [2.05, 4.69) is 15.5 Å². The number of ether oxygens (including phenoxy) is 1. The van der Waals surface area contributed by atoms with E-state index < -0.39 is 5.91 Å². The lowest BCUT2D eigenvalue weighted by molar-refractivity contribution is 0.0954. The minimum Gasteiger partial charge on any atom is -0.504 e. The van der Waals surface area contributed by atoms with Gasteiger partial charge in [-0.2, -0.15) is 5.10 Å². The zero-order chi connectivity index (χ0) is 15.2. The highest BCUT2D eigenvalue weighted by Gasteiger charge is 2.08. The number of amides is 1. The largest absolute Gasteiger partial charge is 0.504 e. The third kappa shape index (κ3) is 3.70. The van der Waals surface area contributed by atoms with Crippen molar-refractivity contribution in [1.82, 2.24) is 10.4 Å². The summed E-state index contributed by atoms with van der Waals surface area (Å²) in [6, 6.07) is 6.23. The van der Waals surface area contributed by atoms with Crippen molar-refractivity contribution in [3.8, 4) is 11.5 Å². The minimum atomic E-state index is -0.409. The maximum absolute atomic E-state index is 11.7. The van der Waals surface area contributed by atoms with Crippen molar-refractivity contribution in [2.24, 2.45) is 5.10 Å². The van der Waals surface area contributed by atoms with E-state index in [-0.39, 0.29) is 11.5 Å².